The van der Waals surface area contributed by atoms with Crippen molar-refractivity contribution in [3.05, 3.63) is 96.6 Å². The first-order valence-electron chi connectivity index (χ1n) is 12.5. The van der Waals surface area contributed by atoms with Gasteiger partial charge in [-0.2, -0.15) is 0 Å². The first-order valence-corrected chi connectivity index (χ1v) is 12.5. The Bertz CT molecular complexity index is 1390. The SMILES string of the molecule is Cn1cnc(C(=O)Nc2ccc(Nc3ccc(NC(=O)c4ccc(N5CCC(O)CC5)cc4)cc3)cc2)c1. The van der Waals surface area contributed by atoms with Crippen molar-refractivity contribution in [1.29, 1.82) is 0 Å². The number of amides is 2. The Morgan fingerprint density at radius 3 is 1.84 bits per heavy atom. The fraction of sp³-hybridized carbons (Fsp3) is 0.207. The van der Waals surface area contributed by atoms with Crippen molar-refractivity contribution in [2.75, 3.05) is 33.9 Å². The van der Waals surface area contributed by atoms with Gasteiger partial charge in [0.25, 0.3) is 11.8 Å². The number of piperidine rings is 1. The van der Waals surface area contributed by atoms with Crippen molar-refractivity contribution < 1.29 is 14.7 Å². The number of rotatable bonds is 7. The zero-order valence-electron chi connectivity index (χ0n) is 21.1. The van der Waals surface area contributed by atoms with Gasteiger partial charge in [-0.15, -0.1) is 0 Å². The molecule has 38 heavy (non-hydrogen) atoms. The van der Waals surface area contributed by atoms with E-state index >= 15 is 0 Å². The maximum absolute atomic E-state index is 12.7. The molecule has 1 aromatic heterocycles. The quantitative estimate of drug-likeness (QED) is 0.289. The Balaban J connectivity index is 1.13. The Labute approximate surface area is 221 Å². The van der Waals surface area contributed by atoms with Crippen molar-refractivity contribution in [3.8, 4) is 0 Å². The number of imidazole rings is 1. The van der Waals surface area contributed by atoms with Gasteiger partial charge in [-0.25, -0.2) is 4.98 Å². The largest absolute Gasteiger partial charge is 0.393 e. The molecule has 0 atom stereocenters. The van der Waals surface area contributed by atoms with E-state index < -0.39 is 0 Å². The Hall–Kier alpha value is -4.63. The fourth-order valence-corrected chi connectivity index (χ4v) is 4.32. The van der Waals surface area contributed by atoms with Crippen molar-refractivity contribution in [1.82, 2.24) is 9.55 Å². The molecule has 0 unspecified atom stereocenters. The number of hydrogen-bond acceptors (Lipinski definition) is 6. The van der Waals surface area contributed by atoms with Crippen LogP contribution in [-0.2, 0) is 7.05 Å². The van der Waals surface area contributed by atoms with E-state index in [1.807, 2.05) is 79.8 Å². The lowest BCUT2D eigenvalue weighted by Gasteiger charge is -2.31. The van der Waals surface area contributed by atoms with Gasteiger partial charge >= 0.3 is 0 Å². The highest BCUT2D eigenvalue weighted by atomic mass is 16.3. The lowest BCUT2D eigenvalue weighted by atomic mass is 10.1. The molecule has 5 rings (SSSR count). The molecule has 1 aliphatic heterocycles. The highest BCUT2D eigenvalue weighted by Gasteiger charge is 2.17. The number of aliphatic hydroxyl groups is 1. The second kappa shape index (κ2) is 11.2. The Morgan fingerprint density at radius 2 is 1.32 bits per heavy atom. The smallest absolute Gasteiger partial charge is 0.275 e. The molecule has 4 N–H and O–H groups in total. The van der Waals surface area contributed by atoms with Gasteiger partial charge < -0.3 is 30.5 Å². The van der Waals surface area contributed by atoms with Crippen LogP contribution in [0, 0.1) is 0 Å². The summed E-state index contributed by atoms with van der Waals surface area (Å²) < 4.78 is 1.72. The number of aryl methyl sites for hydroxylation is 1. The molecule has 1 aliphatic rings. The van der Waals surface area contributed by atoms with Crippen LogP contribution < -0.4 is 20.9 Å². The van der Waals surface area contributed by atoms with Crippen LogP contribution in [0.5, 0.6) is 0 Å². The normalized spacial score (nSPS) is 13.7. The monoisotopic (exact) mass is 510 g/mol. The van der Waals surface area contributed by atoms with E-state index in [-0.39, 0.29) is 17.9 Å². The Kier molecular flexibility index (Phi) is 7.37. The second-order valence-electron chi connectivity index (χ2n) is 9.38. The molecule has 9 nitrogen and oxygen atoms in total. The van der Waals surface area contributed by atoms with E-state index in [2.05, 4.69) is 25.8 Å². The maximum atomic E-state index is 12.7. The molecule has 0 aliphatic carbocycles. The van der Waals surface area contributed by atoms with Crippen molar-refractivity contribution in [2.24, 2.45) is 7.05 Å². The number of hydrogen-bond donors (Lipinski definition) is 4. The van der Waals surface area contributed by atoms with Crippen molar-refractivity contribution in [2.45, 2.75) is 18.9 Å². The highest BCUT2D eigenvalue weighted by Crippen LogP contribution is 2.23. The number of aromatic nitrogens is 2. The summed E-state index contributed by atoms with van der Waals surface area (Å²) in [6.07, 6.45) is 4.57. The molecule has 2 heterocycles. The van der Waals surface area contributed by atoms with Crippen LogP contribution in [0.1, 0.15) is 33.7 Å². The number of aliphatic hydroxyl groups excluding tert-OH is 1. The molecule has 3 aromatic carbocycles. The Morgan fingerprint density at radius 1 is 0.789 bits per heavy atom. The molecule has 9 heteroatoms. The molecule has 0 radical (unpaired) electrons. The zero-order valence-corrected chi connectivity index (χ0v) is 21.1. The van der Waals surface area contributed by atoms with E-state index in [0.717, 1.165) is 43.0 Å². The lowest BCUT2D eigenvalue weighted by molar-refractivity contribution is 0.101. The summed E-state index contributed by atoms with van der Waals surface area (Å²) in [6.45, 7) is 1.64. The molecule has 4 aromatic rings. The van der Waals surface area contributed by atoms with E-state index in [1.54, 1.807) is 17.1 Å². The highest BCUT2D eigenvalue weighted by molar-refractivity contribution is 6.04. The van der Waals surface area contributed by atoms with Crippen molar-refractivity contribution >= 4 is 40.3 Å². The summed E-state index contributed by atoms with van der Waals surface area (Å²) in [4.78, 5) is 31.2. The third-order valence-corrected chi connectivity index (χ3v) is 6.47. The van der Waals surface area contributed by atoms with Crippen molar-refractivity contribution in [3.63, 3.8) is 0 Å². The molecule has 1 fully saturated rings. The van der Waals surface area contributed by atoms with Gasteiger partial charge in [-0.3, -0.25) is 9.59 Å². The first-order chi connectivity index (χ1) is 18.4. The van der Waals surface area contributed by atoms with Gasteiger partial charge in [0.1, 0.15) is 5.69 Å². The molecular formula is C29H30N6O3. The van der Waals surface area contributed by atoms with Crippen LogP contribution in [0.25, 0.3) is 0 Å². The predicted octanol–water partition coefficient (Wildman–Crippen LogP) is 4.63. The molecule has 0 bridgehead atoms. The lowest BCUT2D eigenvalue weighted by Crippen LogP contribution is -2.35. The molecule has 1 saturated heterocycles. The third-order valence-electron chi connectivity index (χ3n) is 6.47. The van der Waals surface area contributed by atoms with Crippen LogP contribution in [-0.4, -0.2) is 45.7 Å². The topological polar surface area (TPSA) is 112 Å². The maximum Gasteiger partial charge on any atom is 0.275 e. The summed E-state index contributed by atoms with van der Waals surface area (Å²) in [5.74, 6) is -0.433. The number of nitrogens with zero attached hydrogens (tertiary/aromatic N) is 3. The van der Waals surface area contributed by atoms with E-state index in [4.69, 9.17) is 0 Å². The molecular weight excluding hydrogens is 480 g/mol. The average molecular weight is 511 g/mol. The van der Waals surface area contributed by atoms with E-state index in [1.165, 1.54) is 0 Å². The third kappa shape index (κ3) is 6.19. The average Bonchev–Trinajstić information content (AvgIpc) is 3.38. The number of benzene rings is 3. The van der Waals surface area contributed by atoms with Crippen LogP contribution in [0.15, 0.2) is 85.3 Å². The fourth-order valence-electron chi connectivity index (χ4n) is 4.32. The summed E-state index contributed by atoms with van der Waals surface area (Å²) in [5.41, 5.74) is 5.10. The number of carbonyl (C=O) groups excluding carboxylic acids is 2. The second-order valence-corrected chi connectivity index (χ2v) is 9.38. The summed E-state index contributed by atoms with van der Waals surface area (Å²) in [7, 11) is 1.81. The van der Waals surface area contributed by atoms with Gasteiger partial charge in [0.05, 0.1) is 12.4 Å². The van der Waals surface area contributed by atoms with Gasteiger partial charge in [-0.05, 0) is 85.6 Å². The minimum absolute atomic E-state index is 0.172. The summed E-state index contributed by atoms with van der Waals surface area (Å²) in [6, 6.07) is 22.4. The van der Waals surface area contributed by atoms with Crippen LogP contribution in [0.3, 0.4) is 0 Å². The minimum atomic E-state index is -0.261. The molecule has 2 amide bonds. The van der Waals surface area contributed by atoms with E-state index in [9.17, 15) is 14.7 Å². The number of nitrogens with one attached hydrogen (secondary N) is 3. The number of carbonyl (C=O) groups is 2. The zero-order chi connectivity index (χ0) is 26.5. The van der Waals surface area contributed by atoms with Crippen LogP contribution in [0.2, 0.25) is 0 Å². The van der Waals surface area contributed by atoms with Gasteiger partial charge in [-0.1, -0.05) is 0 Å². The molecule has 0 spiro atoms. The van der Waals surface area contributed by atoms with Gasteiger partial charge in [0, 0.05) is 60.3 Å². The molecule has 194 valence electrons. The first kappa shape index (κ1) is 25.0. The summed E-state index contributed by atoms with van der Waals surface area (Å²) >= 11 is 0. The van der Waals surface area contributed by atoms with Crippen LogP contribution >= 0.6 is 0 Å². The predicted molar refractivity (Wildman–Crippen MR) is 149 cm³/mol. The molecule has 0 saturated carbocycles. The summed E-state index contributed by atoms with van der Waals surface area (Å²) in [5, 5.41) is 18.8. The number of anilines is 5. The van der Waals surface area contributed by atoms with Crippen LogP contribution in [0.4, 0.5) is 28.4 Å². The van der Waals surface area contributed by atoms with Gasteiger partial charge in [0.2, 0.25) is 0 Å². The minimum Gasteiger partial charge on any atom is -0.393 e. The van der Waals surface area contributed by atoms with Gasteiger partial charge in [0.15, 0.2) is 0 Å². The standard InChI is InChI=1S/C29H30N6O3/c1-34-18-27(30-19-34)29(38)33-24-10-6-22(7-11-24)31-21-4-8-23(9-5-21)32-28(37)20-2-12-25(13-3-20)35-16-14-26(36)15-17-35/h2-13,18-19,26,31,36H,14-17H2,1H3,(H,32,37)(H,33,38). The van der Waals surface area contributed by atoms with E-state index in [0.29, 0.717) is 22.6 Å².